The van der Waals surface area contributed by atoms with Crippen molar-refractivity contribution < 1.29 is 9.13 Å². The van der Waals surface area contributed by atoms with Crippen LogP contribution in [0.4, 0.5) is 10.2 Å². The fraction of sp³-hybridized carbons (Fsp3) is 0.500. The van der Waals surface area contributed by atoms with Gasteiger partial charge in [-0.1, -0.05) is 6.92 Å². The zero-order valence-electron chi connectivity index (χ0n) is 15.5. The second-order valence-electron chi connectivity index (χ2n) is 6.76. The van der Waals surface area contributed by atoms with E-state index in [9.17, 15) is 4.39 Å². The highest BCUT2D eigenvalue weighted by molar-refractivity contribution is 5.83. The molecule has 3 aromatic rings. The molecule has 0 aromatic carbocycles. The fourth-order valence-electron chi connectivity index (χ4n) is 3.44. The number of nitrogens with zero attached hydrogens (tertiary/aromatic N) is 7. The van der Waals surface area contributed by atoms with Crippen molar-refractivity contribution in [2.45, 2.75) is 26.2 Å². The zero-order valence-corrected chi connectivity index (χ0v) is 15.5. The Morgan fingerprint density at radius 2 is 1.89 bits per heavy atom. The summed E-state index contributed by atoms with van der Waals surface area (Å²) in [6.07, 6.45) is 7.07. The summed E-state index contributed by atoms with van der Waals surface area (Å²) in [7, 11) is 1.95. The third-order valence-electron chi connectivity index (χ3n) is 5.02. The van der Waals surface area contributed by atoms with Crippen LogP contribution in [0.1, 0.15) is 25.5 Å². The van der Waals surface area contributed by atoms with E-state index in [1.165, 1.54) is 6.33 Å². The number of halogens is 1. The molecule has 1 aliphatic heterocycles. The Bertz CT molecular complexity index is 937. The van der Waals surface area contributed by atoms with Gasteiger partial charge in [0.15, 0.2) is 11.5 Å². The molecule has 9 heteroatoms. The summed E-state index contributed by atoms with van der Waals surface area (Å²) in [5.41, 5.74) is 2.04. The Hall–Kier alpha value is -2.84. The Morgan fingerprint density at radius 3 is 2.67 bits per heavy atom. The first-order valence-electron chi connectivity index (χ1n) is 9.16. The molecule has 27 heavy (non-hydrogen) atoms. The number of aromatic nitrogens is 6. The van der Waals surface area contributed by atoms with Crippen molar-refractivity contribution in [2.24, 2.45) is 13.0 Å². The van der Waals surface area contributed by atoms with E-state index in [2.05, 4.69) is 29.8 Å². The predicted molar refractivity (Wildman–Crippen MR) is 98.1 cm³/mol. The number of anilines is 1. The van der Waals surface area contributed by atoms with Gasteiger partial charge in [-0.05, 0) is 25.2 Å². The Morgan fingerprint density at radius 1 is 1.11 bits per heavy atom. The van der Waals surface area contributed by atoms with Crippen LogP contribution < -0.4 is 9.64 Å². The molecule has 1 saturated heterocycles. The number of rotatable bonds is 5. The SMILES string of the molecule is CCc1ncnc(OCC2CCN(c3ncnc4ncn(C)c34)CC2)c1F. The van der Waals surface area contributed by atoms with Crippen molar-refractivity contribution in [2.75, 3.05) is 24.6 Å². The van der Waals surface area contributed by atoms with Crippen molar-refractivity contribution in [1.29, 1.82) is 0 Å². The summed E-state index contributed by atoms with van der Waals surface area (Å²) < 4.78 is 21.8. The molecule has 3 aromatic heterocycles. The minimum absolute atomic E-state index is 0.0525. The van der Waals surface area contributed by atoms with E-state index in [-0.39, 0.29) is 5.88 Å². The second kappa shape index (κ2) is 7.42. The molecule has 0 amide bonds. The minimum atomic E-state index is -0.447. The van der Waals surface area contributed by atoms with Gasteiger partial charge in [0.1, 0.15) is 18.2 Å². The van der Waals surface area contributed by atoms with Gasteiger partial charge in [-0.2, -0.15) is 9.37 Å². The second-order valence-corrected chi connectivity index (χ2v) is 6.76. The Labute approximate surface area is 156 Å². The number of hydrogen-bond donors (Lipinski definition) is 0. The van der Waals surface area contributed by atoms with Crippen molar-refractivity contribution in [3.8, 4) is 5.88 Å². The van der Waals surface area contributed by atoms with Gasteiger partial charge in [0.05, 0.1) is 18.6 Å². The van der Waals surface area contributed by atoms with Crippen molar-refractivity contribution in [3.05, 3.63) is 30.5 Å². The average Bonchev–Trinajstić information content (AvgIpc) is 3.09. The maximum absolute atomic E-state index is 14.2. The highest BCUT2D eigenvalue weighted by Gasteiger charge is 2.24. The van der Waals surface area contributed by atoms with Crippen LogP contribution in [-0.4, -0.2) is 49.2 Å². The molecular formula is C18H22FN7O. The Balaban J connectivity index is 1.39. The normalized spacial score (nSPS) is 15.4. The third-order valence-corrected chi connectivity index (χ3v) is 5.02. The number of fused-ring (bicyclic) bond motifs is 1. The monoisotopic (exact) mass is 371 g/mol. The number of piperidine rings is 1. The molecule has 0 spiro atoms. The topological polar surface area (TPSA) is 81.8 Å². The molecule has 142 valence electrons. The molecule has 0 aliphatic carbocycles. The van der Waals surface area contributed by atoms with Crippen molar-refractivity contribution >= 4 is 17.0 Å². The molecule has 0 atom stereocenters. The molecule has 1 fully saturated rings. The molecule has 4 heterocycles. The van der Waals surface area contributed by atoms with E-state index >= 15 is 0 Å². The molecule has 1 aliphatic rings. The van der Waals surface area contributed by atoms with Crippen molar-refractivity contribution in [1.82, 2.24) is 29.5 Å². The van der Waals surface area contributed by atoms with Crippen LogP contribution in [-0.2, 0) is 13.5 Å². The third kappa shape index (κ3) is 3.41. The van der Waals surface area contributed by atoms with E-state index < -0.39 is 5.82 Å². The van der Waals surface area contributed by atoms with Gasteiger partial charge in [0.25, 0.3) is 5.88 Å². The average molecular weight is 371 g/mol. The molecule has 0 bridgehead atoms. The lowest BCUT2D eigenvalue weighted by atomic mass is 9.98. The molecule has 0 saturated carbocycles. The van der Waals surface area contributed by atoms with Gasteiger partial charge in [0, 0.05) is 20.1 Å². The van der Waals surface area contributed by atoms with Crippen LogP contribution in [0, 0.1) is 11.7 Å². The number of aryl methyl sites for hydroxylation is 2. The van der Waals surface area contributed by atoms with Gasteiger partial charge >= 0.3 is 0 Å². The van der Waals surface area contributed by atoms with Crippen LogP contribution in [0.2, 0.25) is 0 Å². The summed E-state index contributed by atoms with van der Waals surface area (Å²) in [4.78, 5) is 23.1. The zero-order chi connectivity index (χ0) is 18.8. The largest absolute Gasteiger partial charge is 0.475 e. The summed E-state index contributed by atoms with van der Waals surface area (Å²) in [5.74, 6) is 0.868. The number of hydrogen-bond acceptors (Lipinski definition) is 7. The first-order chi connectivity index (χ1) is 13.2. The summed E-state index contributed by atoms with van der Waals surface area (Å²) in [6, 6.07) is 0. The lowest BCUT2D eigenvalue weighted by Gasteiger charge is -2.32. The van der Waals surface area contributed by atoms with Gasteiger partial charge in [-0.25, -0.2) is 19.9 Å². The van der Waals surface area contributed by atoms with Crippen molar-refractivity contribution in [3.63, 3.8) is 0 Å². The number of imidazole rings is 1. The lowest BCUT2D eigenvalue weighted by molar-refractivity contribution is 0.206. The summed E-state index contributed by atoms with van der Waals surface area (Å²) in [5, 5.41) is 0. The first-order valence-corrected chi connectivity index (χ1v) is 9.16. The smallest absolute Gasteiger partial charge is 0.253 e. The maximum Gasteiger partial charge on any atom is 0.253 e. The standard InChI is InChI=1S/C18H22FN7O/c1-3-13-14(19)18(23-9-20-13)27-8-12-4-6-26(7-5-12)17-15-16(21-10-22-17)24-11-25(15)2/h9-12H,3-8H2,1-2H3. The molecule has 4 rings (SSSR count). The molecule has 0 N–H and O–H groups in total. The fourth-order valence-corrected chi connectivity index (χ4v) is 3.44. The lowest BCUT2D eigenvalue weighted by Crippen LogP contribution is -2.36. The Kier molecular flexibility index (Phi) is 4.83. The van der Waals surface area contributed by atoms with Gasteiger partial charge in [-0.15, -0.1) is 0 Å². The molecule has 8 nitrogen and oxygen atoms in total. The maximum atomic E-state index is 14.2. The van der Waals surface area contributed by atoms with E-state index in [0.717, 1.165) is 37.3 Å². The highest BCUT2D eigenvalue weighted by Crippen LogP contribution is 2.27. The first kappa shape index (κ1) is 17.6. The van der Waals surface area contributed by atoms with E-state index in [4.69, 9.17) is 4.74 Å². The minimum Gasteiger partial charge on any atom is -0.475 e. The highest BCUT2D eigenvalue weighted by atomic mass is 19.1. The molecular weight excluding hydrogens is 349 g/mol. The van der Waals surface area contributed by atoms with Crippen LogP contribution in [0.3, 0.4) is 0 Å². The van der Waals surface area contributed by atoms with Gasteiger partial charge in [-0.3, -0.25) is 0 Å². The molecule has 0 radical (unpaired) electrons. The van der Waals surface area contributed by atoms with Crippen LogP contribution in [0.15, 0.2) is 19.0 Å². The van der Waals surface area contributed by atoms with Gasteiger partial charge in [0.2, 0.25) is 5.82 Å². The molecule has 0 unspecified atom stereocenters. The van der Waals surface area contributed by atoms with E-state index in [1.54, 1.807) is 12.7 Å². The summed E-state index contributed by atoms with van der Waals surface area (Å²) >= 11 is 0. The van der Waals surface area contributed by atoms with Crippen LogP contribution >= 0.6 is 0 Å². The quantitative estimate of drug-likeness (QED) is 0.680. The van der Waals surface area contributed by atoms with Crippen LogP contribution in [0.5, 0.6) is 5.88 Å². The number of ether oxygens (including phenoxy) is 1. The van der Waals surface area contributed by atoms with E-state index in [0.29, 0.717) is 30.3 Å². The summed E-state index contributed by atoms with van der Waals surface area (Å²) in [6.45, 7) is 4.03. The van der Waals surface area contributed by atoms with E-state index in [1.807, 2.05) is 18.5 Å². The van der Waals surface area contributed by atoms with Gasteiger partial charge < -0.3 is 14.2 Å². The van der Waals surface area contributed by atoms with Crippen LogP contribution in [0.25, 0.3) is 11.2 Å². The predicted octanol–water partition coefficient (Wildman–Crippen LogP) is 2.15.